The molecular formula is C36H41N7O3. The lowest BCUT2D eigenvalue weighted by atomic mass is 9.98. The Morgan fingerprint density at radius 3 is 2.15 bits per heavy atom. The minimum atomic E-state index is -0.888. The number of nitrogens with one attached hydrogen (secondary N) is 4. The first-order valence-electron chi connectivity index (χ1n) is 15.6. The number of fused-ring (bicyclic) bond motifs is 1. The molecule has 2 amide bonds. The number of amides is 2. The van der Waals surface area contributed by atoms with Crippen LogP contribution in [0.1, 0.15) is 38.3 Å². The number of carbonyl (C=O) groups excluding carboxylic acids is 2. The van der Waals surface area contributed by atoms with Crippen molar-refractivity contribution in [1.29, 1.82) is 0 Å². The van der Waals surface area contributed by atoms with E-state index < -0.39 is 12.1 Å². The molecule has 238 valence electrons. The number of imidazole rings is 2. The molecule has 2 heterocycles. The van der Waals surface area contributed by atoms with Crippen LogP contribution in [0.2, 0.25) is 0 Å². The Labute approximate surface area is 269 Å². The molecule has 0 aliphatic rings. The van der Waals surface area contributed by atoms with Crippen LogP contribution < -0.4 is 10.6 Å². The number of nitrogens with zero attached hydrogens (tertiary/aromatic N) is 3. The van der Waals surface area contributed by atoms with E-state index in [1.807, 2.05) is 13.1 Å². The average molecular weight is 620 g/mol. The molecule has 0 bridgehead atoms. The lowest BCUT2D eigenvalue weighted by Gasteiger charge is -2.25. The minimum Gasteiger partial charge on any atom is -0.453 e. The Balaban J connectivity index is 1.26. The van der Waals surface area contributed by atoms with Crippen molar-refractivity contribution in [3.05, 3.63) is 97.4 Å². The van der Waals surface area contributed by atoms with Gasteiger partial charge in [0.25, 0.3) is 0 Å². The van der Waals surface area contributed by atoms with Crippen LogP contribution in [0, 0.1) is 0 Å². The maximum absolute atomic E-state index is 13.1. The lowest BCUT2D eigenvalue weighted by Crippen LogP contribution is -2.47. The summed E-state index contributed by atoms with van der Waals surface area (Å²) in [6.45, 7) is 10.3. The number of H-pyrrole nitrogens is 2. The number of carbonyl (C=O) groups is 2. The van der Waals surface area contributed by atoms with E-state index >= 15 is 0 Å². The predicted molar refractivity (Wildman–Crippen MR) is 182 cm³/mol. The Bertz CT molecular complexity index is 1790. The number of rotatable bonds is 14. The molecule has 0 saturated carbocycles. The first-order chi connectivity index (χ1) is 22.4. The highest BCUT2D eigenvalue weighted by atomic mass is 16.5. The summed E-state index contributed by atoms with van der Waals surface area (Å²) >= 11 is 0. The van der Waals surface area contributed by atoms with Crippen molar-refractivity contribution in [3.8, 4) is 33.6 Å². The standard InChI is InChI=1S/C36H41N7O3/c1-5-16-37-22-33-38-21-32(40-33)29-15-14-27-18-26(12-13-28(27)19-29)24-8-10-25(11-9-24)31-20-39-34(41-31)23-43(17-6-2)35(44)30(7-3)42-36(45)46-4/h7-15,18-21,30,37H,3,5-6,16-17,22-23H2,1-2,4H3,(H,38,40)(H,39,41)(H,42,45)/t30-/m0/s1. The molecule has 0 spiro atoms. The number of hydrogen-bond donors (Lipinski definition) is 4. The van der Waals surface area contributed by atoms with Gasteiger partial charge in [0, 0.05) is 12.1 Å². The van der Waals surface area contributed by atoms with E-state index in [4.69, 9.17) is 0 Å². The van der Waals surface area contributed by atoms with Gasteiger partial charge in [-0.3, -0.25) is 4.79 Å². The number of alkyl carbamates (subject to hydrolysis) is 1. The Morgan fingerprint density at radius 2 is 1.48 bits per heavy atom. The molecule has 10 heteroatoms. The van der Waals surface area contributed by atoms with Crippen LogP contribution in [0.5, 0.6) is 0 Å². The molecule has 5 aromatic rings. The molecule has 0 aliphatic carbocycles. The molecular weight excluding hydrogens is 578 g/mol. The monoisotopic (exact) mass is 619 g/mol. The van der Waals surface area contributed by atoms with Gasteiger partial charge in [0.05, 0.1) is 44.0 Å². The molecule has 3 aromatic carbocycles. The van der Waals surface area contributed by atoms with Gasteiger partial charge in [-0.15, -0.1) is 6.58 Å². The Kier molecular flexibility index (Phi) is 10.6. The third-order valence-electron chi connectivity index (χ3n) is 7.76. The topological polar surface area (TPSA) is 128 Å². The molecule has 46 heavy (non-hydrogen) atoms. The third-order valence-corrected chi connectivity index (χ3v) is 7.76. The van der Waals surface area contributed by atoms with E-state index in [1.54, 1.807) is 11.1 Å². The Hall–Kier alpha value is -5.22. The van der Waals surface area contributed by atoms with Gasteiger partial charge in [-0.1, -0.05) is 68.5 Å². The van der Waals surface area contributed by atoms with Gasteiger partial charge in [-0.05, 0) is 59.0 Å². The molecule has 0 saturated heterocycles. The molecule has 2 aromatic heterocycles. The fourth-order valence-electron chi connectivity index (χ4n) is 5.33. The summed E-state index contributed by atoms with van der Waals surface area (Å²) in [4.78, 5) is 42.2. The highest BCUT2D eigenvalue weighted by Crippen LogP contribution is 2.29. The van der Waals surface area contributed by atoms with Crippen molar-refractivity contribution in [1.82, 2.24) is 35.5 Å². The molecule has 0 fully saturated rings. The van der Waals surface area contributed by atoms with Crippen LogP contribution in [0.3, 0.4) is 0 Å². The van der Waals surface area contributed by atoms with E-state index in [0.717, 1.165) is 65.4 Å². The first kappa shape index (κ1) is 32.2. The highest BCUT2D eigenvalue weighted by Gasteiger charge is 2.24. The number of hydrogen-bond acceptors (Lipinski definition) is 6. The van der Waals surface area contributed by atoms with E-state index in [9.17, 15) is 9.59 Å². The van der Waals surface area contributed by atoms with Crippen LogP contribution in [0.15, 0.2) is 85.7 Å². The number of ether oxygens (including phenoxy) is 1. The second-order valence-electron chi connectivity index (χ2n) is 11.1. The smallest absolute Gasteiger partial charge is 0.407 e. The highest BCUT2D eigenvalue weighted by molar-refractivity contribution is 5.90. The maximum Gasteiger partial charge on any atom is 0.407 e. The normalized spacial score (nSPS) is 11.7. The molecule has 0 aliphatic heterocycles. The zero-order chi connectivity index (χ0) is 32.5. The zero-order valence-corrected chi connectivity index (χ0v) is 26.6. The Morgan fingerprint density at radius 1 is 0.870 bits per heavy atom. The van der Waals surface area contributed by atoms with Crippen molar-refractivity contribution < 1.29 is 14.3 Å². The van der Waals surface area contributed by atoms with Gasteiger partial charge >= 0.3 is 6.09 Å². The second kappa shape index (κ2) is 15.2. The largest absolute Gasteiger partial charge is 0.453 e. The van der Waals surface area contributed by atoms with Crippen molar-refractivity contribution in [3.63, 3.8) is 0 Å². The van der Waals surface area contributed by atoms with Gasteiger partial charge in [0.15, 0.2) is 0 Å². The summed E-state index contributed by atoms with van der Waals surface area (Å²) in [6.07, 6.45) is 6.22. The molecule has 1 atom stereocenters. The van der Waals surface area contributed by atoms with Gasteiger partial charge in [-0.25, -0.2) is 14.8 Å². The molecule has 0 radical (unpaired) electrons. The van der Waals surface area contributed by atoms with Crippen molar-refractivity contribution >= 4 is 22.8 Å². The predicted octanol–water partition coefficient (Wildman–Crippen LogP) is 6.44. The van der Waals surface area contributed by atoms with Crippen molar-refractivity contribution in [2.24, 2.45) is 0 Å². The van der Waals surface area contributed by atoms with Crippen LogP contribution in [0.25, 0.3) is 44.4 Å². The van der Waals surface area contributed by atoms with Gasteiger partial charge in [-0.2, -0.15) is 0 Å². The number of aromatic amines is 2. The summed E-state index contributed by atoms with van der Waals surface area (Å²) in [7, 11) is 1.25. The van der Waals surface area contributed by atoms with Crippen LogP contribution in [-0.2, 0) is 22.6 Å². The first-order valence-corrected chi connectivity index (χ1v) is 15.6. The summed E-state index contributed by atoms with van der Waals surface area (Å²) in [5, 5.41) is 8.22. The second-order valence-corrected chi connectivity index (χ2v) is 11.1. The maximum atomic E-state index is 13.1. The van der Waals surface area contributed by atoms with E-state index in [2.05, 4.69) is 109 Å². The third kappa shape index (κ3) is 7.70. The fourth-order valence-corrected chi connectivity index (χ4v) is 5.33. The summed E-state index contributed by atoms with van der Waals surface area (Å²) in [5.74, 6) is 1.31. The van der Waals surface area contributed by atoms with Crippen LogP contribution in [0.4, 0.5) is 4.79 Å². The van der Waals surface area contributed by atoms with Crippen molar-refractivity contribution in [2.75, 3.05) is 20.2 Å². The zero-order valence-electron chi connectivity index (χ0n) is 26.6. The SMILES string of the molecule is C=C[C@H](NC(=O)OC)C(=O)N(CCC)Cc1ncc(-c2ccc(-c3ccc4cc(-c5cnc(CNCCC)[nH]5)ccc4c3)cc2)[nH]1. The lowest BCUT2D eigenvalue weighted by molar-refractivity contribution is -0.132. The fraction of sp³-hybridized carbons (Fsp3) is 0.278. The minimum absolute atomic E-state index is 0.272. The summed E-state index contributed by atoms with van der Waals surface area (Å²) < 4.78 is 4.64. The number of benzene rings is 3. The van der Waals surface area contributed by atoms with Gasteiger partial charge in [0.1, 0.15) is 17.7 Å². The van der Waals surface area contributed by atoms with Crippen LogP contribution in [-0.4, -0.2) is 63.1 Å². The molecule has 10 nitrogen and oxygen atoms in total. The van der Waals surface area contributed by atoms with E-state index in [1.165, 1.54) is 24.0 Å². The average Bonchev–Trinajstić information content (AvgIpc) is 3.76. The van der Waals surface area contributed by atoms with Crippen LogP contribution >= 0.6 is 0 Å². The van der Waals surface area contributed by atoms with E-state index in [0.29, 0.717) is 12.4 Å². The summed E-state index contributed by atoms with van der Waals surface area (Å²) in [5.41, 5.74) is 6.21. The molecule has 5 rings (SSSR count). The van der Waals surface area contributed by atoms with Gasteiger partial charge < -0.3 is 30.2 Å². The number of methoxy groups -OCH3 is 1. The molecule has 0 unspecified atom stereocenters. The quantitative estimate of drug-likeness (QED) is 0.0837. The number of aromatic nitrogens is 4. The van der Waals surface area contributed by atoms with Crippen molar-refractivity contribution in [2.45, 2.75) is 45.8 Å². The van der Waals surface area contributed by atoms with Gasteiger partial charge in [0.2, 0.25) is 5.91 Å². The summed E-state index contributed by atoms with van der Waals surface area (Å²) in [6, 6.07) is 20.4. The molecule has 4 N–H and O–H groups in total. The van der Waals surface area contributed by atoms with E-state index in [-0.39, 0.29) is 12.5 Å².